The number of ether oxygens (including phenoxy) is 1. The number of amides is 2. The van der Waals surface area contributed by atoms with Crippen molar-refractivity contribution in [1.29, 1.82) is 0 Å². The molecule has 1 N–H and O–H groups in total. The Morgan fingerprint density at radius 3 is 2.33 bits per heavy atom. The maximum absolute atomic E-state index is 13.4. The molecule has 1 spiro atoms. The minimum Gasteiger partial charge on any atom is -0.497 e. The standard InChI is InChI=1S/C29H37N3O3.ClH/c1-35-25-11-7-22(8-12-25)21-32-20-16-29(28(32)34)14-18-31(19-15-29)17-13-26(23-5-3-2-4-6-23)27(33)30-24-9-10-24;/h2-8,11-12,24,26H,9-10,13-21H2,1H3,(H,30,33);1H. The summed E-state index contributed by atoms with van der Waals surface area (Å²) in [6.45, 7) is 4.24. The minimum absolute atomic E-state index is 0. The third-order valence-corrected chi connectivity index (χ3v) is 8.12. The molecule has 5 rings (SSSR count). The molecule has 0 bridgehead atoms. The first kappa shape index (κ1) is 26.5. The third kappa shape index (κ3) is 6.04. The Hall–Kier alpha value is -2.57. The highest BCUT2D eigenvalue weighted by atomic mass is 35.5. The second kappa shape index (κ2) is 11.7. The number of hydrogen-bond donors (Lipinski definition) is 1. The first-order valence-electron chi connectivity index (χ1n) is 13.1. The summed E-state index contributed by atoms with van der Waals surface area (Å²) in [7, 11) is 1.67. The molecule has 2 amide bonds. The van der Waals surface area contributed by atoms with E-state index in [2.05, 4.69) is 22.3 Å². The van der Waals surface area contributed by atoms with Crippen molar-refractivity contribution in [3.63, 3.8) is 0 Å². The molecule has 2 saturated heterocycles. The Kier molecular flexibility index (Phi) is 8.58. The Labute approximate surface area is 220 Å². The van der Waals surface area contributed by atoms with Gasteiger partial charge in [-0.2, -0.15) is 0 Å². The summed E-state index contributed by atoms with van der Waals surface area (Å²) < 4.78 is 5.25. The van der Waals surface area contributed by atoms with Gasteiger partial charge in [-0.25, -0.2) is 0 Å². The first-order valence-corrected chi connectivity index (χ1v) is 13.1. The number of likely N-dealkylation sites (tertiary alicyclic amines) is 2. The molecule has 6 nitrogen and oxygen atoms in total. The molecule has 2 aliphatic heterocycles. The van der Waals surface area contributed by atoms with Crippen LogP contribution in [0.1, 0.15) is 55.6 Å². The number of piperidine rings is 1. The lowest BCUT2D eigenvalue weighted by atomic mass is 9.77. The van der Waals surface area contributed by atoms with Gasteiger partial charge in [0, 0.05) is 19.1 Å². The van der Waals surface area contributed by atoms with Gasteiger partial charge >= 0.3 is 0 Å². The molecule has 36 heavy (non-hydrogen) atoms. The molecule has 3 fully saturated rings. The first-order chi connectivity index (χ1) is 17.1. The van der Waals surface area contributed by atoms with E-state index < -0.39 is 0 Å². The molecule has 0 aromatic heterocycles. The van der Waals surface area contributed by atoms with Crippen LogP contribution in [-0.4, -0.2) is 60.9 Å². The summed E-state index contributed by atoms with van der Waals surface area (Å²) in [5.41, 5.74) is 2.04. The lowest BCUT2D eigenvalue weighted by Crippen LogP contribution is -2.45. The largest absolute Gasteiger partial charge is 0.497 e. The van der Waals surface area contributed by atoms with E-state index in [0.29, 0.717) is 18.5 Å². The van der Waals surface area contributed by atoms with Gasteiger partial charge in [0.1, 0.15) is 5.75 Å². The molecule has 2 heterocycles. The predicted molar refractivity (Wildman–Crippen MR) is 143 cm³/mol. The van der Waals surface area contributed by atoms with Crippen LogP contribution in [0.15, 0.2) is 54.6 Å². The highest BCUT2D eigenvalue weighted by Crippen LogP contribution is 2.42. The Morgan fingerprint density at radius 1 is 1.03 bits per heavy atom. The van der Waals surface area contributed by atoms with Crippen LogP contribution in [0.4, 0.5) is 0 Å². The topological polar surface area (TPSA) is 61.9 Å². The van der Waals surface area contributed by atoms with E-state index in [0.717, 1.165) is 81.6 Å². The van der Waals surface area contributed by atoms with Gasteiger partial charge in [0.25, 0.3) is 0 Å². The lowest BCUT2D eigenvalue weighted by Gasteiger charge is -2.38. The SMILES string of the molecule is COc1ccc(CN2CCC3(CCN(CCC(C(=O)NC4CC4)c4ccccc4)CC3)C2=O)cc1.Cl. The maximum atomic E-state index is 13.4. The highest BCUT2D eigenvalue weighted by molar-refractivity contribution is 5.86. The second-order valence-corrected chi connectivity index (χ2v) is 10.5. The number of halogens is 1. The average Bonchev–Trinajstić information content (AvgIpc) is 3.67. The van der Waals surface area contributed by atoms with E-state index in [9.17, 15) is 9.59 Å². The summed E-state index contributed by atoms with van der Waals surface area (Å²) in [6.07, 6.45) is 5.79. The van der Waals surface area contributed by atoms with E-state index >= 15 is 0 Å². The van der Waals surface area contributed by atoms with Crippen LogP contribution < -0.4 is 10.1 Å². The van der Waals surface area contributed by atoms with Gasteiger partial charge < -0.3 is 19.9 Å². The maximum Gasteiger partial charge on any atom is 0.229 e. The summed E-state index contributed by atoms with van der Waals surface area (Å²) in [5.74, 6) is 1.21. The molecule has 2 aromatic carbocycles. The normalized spacial score (nSPS) is 20.1. The van der Waals surface area contributed by atoms with Crippen LogP contribution in [0.3, 0.4) is 0 Å². The molecule has 1 atom stereocenters. The smallest absolute Gasteiger partial charge is 0.229 e. The number of nitrogens with one attached hydrogen (secondary N) is 1. The van der Waals surface area contributed by atoms with Gasteiger partial charge in [0.05, 0.1) is 18.4 Å². The van der Waals surface area contributed by atoms with Gasteiger partial charge in [-0.3, -0.25) is 9.59 Å². The van der Waals surface area contributed by atoms with Crippen molar-refractivity contribution in [2.45, 2.75) is 57.0 Å². The average molecular weight is 512 g/mol. The minimum atomic E-state index is -0.203. The van der Waals surface area contributed by atoms with Crippen molar-refractivity contribution in [2.75, 3.05) is 33.3 Å². The van der Waals surface area contributed by atoms with Crippen LogP contribution in [0.25, 0.3) is 0 Å². The number of carbonyl (C=O) groups excluding carboxylic acids is 2. The van der Waals surface area contributed by atoms with E-state index in [1.165, 1.54) is 0 Å². The van der Waals surface area contributed by atoms with E-state index in [4.69, 9.17) is 4.74 Å². The number of rotatable bonds is 9. The Bertz CT molecular complexity index is 1020. The van der Waals surface area contributed by atoms with Gasteiger partial charge in [0.15, 0.2) is 0 Å². The van der Waals surface area contributed by atoms with Gasteiger partial charge in [0.2, 0.25) is 11.8 Å². The van der Waals surface area contributed by atoms with Crippen molar-refractivity contribution in [2.24, 2.45) is 5.41 Å². The van der Waals surface area contributed by atoms with Crippen molar-refractivity contribution in [1.82, 2.24) is 15.1 Å². The number of methoxy groups -OCH3 is 1. The van der Waals surface area contributed by atoms with Crippen LogP contribution in [0, 0.1) is 5.41 Å². The van der Waals surface area contributed by atoms with Crippen LogP contribution >= 0.6 is 12.4 Å². The fourth-order valence-electron chi connectivity index (χ4n) is 5.64. The molecule has 3 aliphatic rings. The third-order valence-electron chi connectivity index (χ3n) is 8.12. The molecular formula is C29H38ClN3O3. The lowest BCUT2D eigenvalue weighted by molar-refractivity contribution is -0.138. The van der Waals surface area contributed by atoms with Crippen molar-refractivity contribution >= 4 is 24.2 Å². The van der Waals surface area contributed by atoms with E-state index in [1.54, 1.807) is 7.11 Å². The number of carbonyl (C=O) groups is 2. The fraction of sp³-hybridized carbons (Fsp3) is 0.517. The van der Waals surface area contributed by atoms with Crippen LogP contribution in [0.5, 0.6) is 5.75 Å². The molecule has 2 aromatic rings. The molecule has 1 aliphatic carbocycles. The predicted octanol–water partition coefficient (Wildman–Crippen LogP) is 4.38. The zero-order chi connectivity index (χ0) is 24.3. The molecule has 0 radical (unpaired) electrons. The molecule has 194 valence electrons. The van der Waals surface area contributed by atoms with Crippen molar-refractivity contribution in [3.05, 3.63) is 65.7 Å². The molecule has 1 saturated carbocycles. The molecule has 7 heteroatoms. The zero-order valence-corrected chi connectivity index (χ0v) is 22.0. The van der Waals surface area contributed by atoms with E-state index in [-0.39, 0.29) is 29.6 Å². The summed E-state index contributed by atoms with van der Waals surface area (Å²) in [4.78, 5) is 30.8. The summed E-state index contributed by atoms with van der Waals surface area (Å²) >= 11 is 0. The number of benzene rings is 2. The van der Waals surface area contributed by atoms with Crippen molar-refractivity contribution < 1.29 is 14.3 Å². The fourth-order valence-corrected chi connectivity index (χ4v) is 5.64. The zero-order valence-electron chi connectivity index (χ0n) is 21.2. The summed E-state index contributed by atoms with van der Waals surface area (Å²) in [6, 6.07) is 18.5. The number of nitrogens with zero attached hydrogens (tertiary/aromatic N) is 2. The van der Waals surface area contributed by atoms with Crippen LogP contribution in [-0.2, 0) is 16.1 Å². The monoisotopic (exact) mass is 511 g/mol. The quantitative estimate of drug-likeness (QED) is 0.542. The van der Waals surface area contributed by atoms with Gasteiger partial charge in [-0.05, 0) is 81.4 Å². The van der Waals surface area contributed by atoms with Gasteiger partial charge in [-0.1, -0.05) is 42.5 Å². The Morgan fingerprint density at radius 2 is 1.69 bits per heavy atom. The second-order valence-electron chi connectivity index (χ2n) is 10.5. The van der Waals surface area contributed by atoms with Gasteiger partial charge in [-0.15, -0.1) is 12.4 Å². The van der Waals surface area contributed by atoms with Crippen molar-refractivity contribution in [3.8, 4) is 5.75 Å². The van der Waals surface area contributed by atoms with E-state index in [1.807, 2.05) is 47.4 Å². The van der Waals surface area contributed by atoms with Crippen LogP contribution in [0.2, 0.25) is 0 Å². The summed E-state index contributed by atoms with van der Waals surface area (Å²) in [5, 5.41) is 3.20. The number of hydrogen-bond acceptors (Lipinski definition) is 4. The molecular weight excluding hydrogens is 474 g/mol. The Balaban J connectivity index is 0.00000304. The highest BCUT2D eigenvalue weighted by Gasteiger charge is 2.47. The molecule has 1 unspecified atom stereocenters.